The lowest BCUT2D eigenvalue weighted by atomic mass is 10.1. The molecule has 1 aromatic carbocycles. The molecule has 122 valence electrons. The molecule has 0 bridgehead atoms. The Bertz CT molecular complexity index is 470. The minimum absolute atomic E-state index is 0.114. The monoisotopic (exact) mass is 307 g/mol. The molecule has 1 N–H and O–H groups in total. The second kappa shape index (κ2) is 9.82. The molecule has 0 spiro atoms. The van der Waals surface area contributed by atoms with E-state index in [1.807, 2.05) is 24.3 Å². The summed E-state index contributed by atoms with van der Waals surface area (Å²) in [6.07, 6.45) is 3.73. The van der Waals surface area contributed by atoms with Crippen molar-refractivity contribution in [3.63, 3.8) is 0 Å². The predicted molar refractivity (Wildman–Crippen MR) is 84.8 cm³/mol. The van der Waals surface area contributed by atoms with E-state index in [0.29, 0.717) is 12.8 Å². The number of carbonyl (C=O) groups is 2. The predicted octanol–water partition coefficient (Wildman–Crippen LogP) is 2.48. The summed E-state index contributed by atoms with van der Waals surface area (Å²) in [4.78, 5) is 23.7. The zero-order chi connectivity index (χ0) is 16.4. The normalized spacial score (nSPS) is 11.6. The fraction of sp³-hybridized carbons (Fsp3) is 0.529. The largest absolute Gasteiger partial charge is 0.497 e. The van der Waals surface area contributed by atoms with Crippen LogP contribution in [0.25, 0.3) is 0 Å². The molecule has 1 amide bonds. The zero-order valence-electron chi connectivity index (χ0n) is 13.6. The number of esters is 1. The van der Waals surface area contributed by atoms with E-state index in [1.54, 1.807) is 7.11 Å². The van der Waals surface area contributed by atoms with E-state index in [0.717, 1.165) is 30.6 Å². The van der Waals surface area contributed by atoms with Crippen molar-refractivity contribution < 1.29 is 19.1 Å². The zero-order valence-corrected chi connectivity index (χ0v) is 13.6. The van der Waals surface area contributed by atoms with Gasteiger partial charge < -0.3 is 14.8 Å². The maximum Gasteiger partial charge on any atom is 0.328 e. The Labute approximate surface area is 132 Å². The number of hydrogen-bond acceptors (Lipinski definition) is 4. The van der Waals surface area contributed by atoms with Gasteiger partial charge in [-0.05, 0) is 24.1 Å². The molecule has 1 atom stereocenters. The highest BCUT2D eigenvalue weighted by Gasteiger charge is 2.21. The lowest BCUT2D eigenvalue weighted by molar-refractivity contribution is -0.145. The Kier molecular flexibility index (Phi) is 8.04. The van der Waals surface area contributed by atoms with Crippen LogP contribution in [0, 0.1) is 0 Å². The quantitative estimate of drug-likeness (QED) is 0.562. The summed E-state index contributed by atoms with van der Waals surface area (Å²) in [5.41, 5.74) is 0.935. The van der Waals surface area contributed by atoms with Gasteiger partial charge in [0.1, 0.15) is 11.8 Å². The Balaban J connectivity index is 2.63. The van der Waals surface area contributed by atoms with Gasteiger partial charge in [-0.25, -0.2) is 4.79 Å². The molecule has 5 heteroatoms. The maximum atomic E-state index is 11.9. The van der Waals surface area contributed by atoms with E-state index < -0.39 is 12.0 Å². The van der Waals surface area contributed by atoms with Crippen LogP contribution in [0.4, 0.5) is 0 Å². The van der Waals surface area contributed by atoms with Gasteiger partial charge in [-0.3, -0.25) is 4.79 Å². The first-order chi connectivity index (χ1) is 10.6. The molecular formula is C17H25NO4. The van der Waals surface area contributed by atoms with E-state index in [1.165, 1.54) is 7.11 Å². The molecule has 0 aromatic heterocycles. The molecule has 5 nitrogen and oxygen atoms in total. The van der Waals surface area contributed by atoms with Crippen molar-refractivity contribution in [1.82, 2.24) is 5.32 Å². The first-order valence-corrected chi connectivity index (χ1v) is 7.60. The van der Waals surface area contributed by atoms with Gasteiger partial charge in [0, 0.05) is 12.8 Å². The van der Waals surface area contributed by atoms with Crippen LogP contribution < -0.4 is 10.1 Å². The number of hydrogen-bond donors (Lipinski definition) is 1. The summed E-state index contributed by atoms with van der Waals surface area (Å²) < 4.78 is 9.88. The third-order valence-corrected chi connectivity index (χ3v) is 3.43. The van der Waals surface area contributed by atoms with Crippen LogP contribution in [0.2, 0.25) is 0 Å². The third-order valence-electron chi connectivity index (χ3n) is 3.43. The van der Waals surface area contributed by atoms with Gasteiger partial charge >= 0.3 is 5.97 Å². The number of ether oxygens (including phenoxy) is 2. The standard InChI is InChI=1S/C17H25NO4/c1-4-5-6-7-16(19)18-15(17(20)22-3)12-13-8-10-14(21-2)11-9-13/h8-11,15H,4-7,12H2,1-3H3,(H,18,19)/t15-/m0/s1. The number of rotatable bonds is 9. The summed E-state index contributed by atoms with van der Waals surface area (Å²) in [5.74, 6) is 0.207. The summed E-state index contributed by atoms with van der Waals surface area (Å²) in [6, 6.07) is 6.74. The van der Waals surface area contributed by atoms with E-state index in [2.05, 4.69) is 12.2 Å². The fourth-order valence-corrected chi connectivity index (χ4v) is 2.13. The highest BCUT2D eigenvalue weighted by atomic mass is 16.5. The molecule has 1 rings (SSSR count). The molecule has 22 heavy (non-hydrogen) atoms. The van der Waals surface area contributed by atoms with E-state index in [-0.39, 0.29) is 5.91 Å². The van der Waals surface area contributed by atoms with Crippen LogP contribution in [0.3, 0.4) is 0 Å². The Hall–Kier alpha value is -2.04. The minimum Gasteiger partial charge on any atom is -0.497 e. The van der Waals surface area contributed by atoms with Crippen molar-refractivity contribution in [2.24, 2.45) is 0 Å². The lowest BCUT2D eigenvalue weighted by Gasteiger charge is -2.17. The summed E-state index contributed by atoms with van der Waals surface area (Å²) in [5, 5.41) is 2.76. The lowest BCUT2D eigenvalue weighted by Crippen LogP contribution is -2.43. The Morgan fingerprint density at radius 1 is 1.14 bits per heavy atom. The molecule has 0 aliphatic carbocycles. The minimum atomic E-state index is -0.660. The average Bonchev–Trinajstić information content (AvgIpc) is 2.54. The summed E-state index contributed by atoms with van der Waals surface area (Å²) in [6.45, 7) is 2.08. The molecule has 0 fully saturated rings. The molecule has 0 heterocycles. The molecule has 0 aliphatic heterocycles. The second-order valence-electron chi connectivity index (χ2n) is 5.15. The molecule has 0 saturated heterocycles. The van der Waals surface area contributed by atoms with Crippen molar-refractivity contribution in [3.8, 4) is 5.75 Å². The van der Waals surface area contributed by atoms with Crippen LogP contribution in [0.15, 0.2) is 24.3 Å². The summed E-state index contributed by atoms with van der Waals surface area (Å²) >= 11 is 0. The van der Waals surface area contributed by atoms with Gasteiger partial charge in [0.15, 0.2) is 0 Å². The van der Waals surface area contributed by atoms with Gasteiger partial charge in [-0.15, -0.1) is 0 Å². The first kappa shape index (κ1) is 18.0. The highest BCUT2D eigenvalue weighted by molar-refractivity contribution is 5.84. The fourth-order valence-electron chi connectivity index (χ4n) is 2.13. The van der Waals surface area contributed by atoms with Crippen molar-refractivity contribution in [2.75, 3.05) is 14.2 Å². The van der Waals surface area contributed by atoms with Crippen molar-refractivity contribution in [2.45, 2.75) is 45.1 Å². The first-order valence-electron chi connectivity index (χ1n) is 7.60. The van der Waals surface area contributed by atoms with Crippen LogP contribution in [0.5, 0.6) is 5.75 Å². The Morgan fingerprint density at radius 3 is 2.36 bits per heavy atom. The molecular weight excluding hydrogens is 282 g/mol. The van der Waals surface area contributed by atoms with Crippen molar-refractivity contribution in [1.29, 1.82) is 0 Å². The topological polar surface area (TPSA) is 64.6 Å². The second-order valence-corrected chi connectivity index (χ2v) is 5.15. The SMILES string of the molecule is CCCCCC(=O)N[C@@H](Cc1ccc(OC)cc1)C(=O)OC. The van der Waals surface area contributed by atoms with E-state index in [9.17, 15) is 9.59 Å². The number of methoxy groups -OCH3 is 2. The van der Waals surface area contributed by atoms with Crippen LogP contribution >= 0.6 is 0 Å². The molecule has 0 aliphatic rings. The van der Waals surface area contributed by atoms with Gasteiger partial charge in [0.05, 0.1) is 14.2 Å². The Morgan fingerprint density at radius 2 is 1.82 bits per heavy atom. The van der Waals surface area contributed by atoms with Gasteiger partial charge in [0.2, 0.25) is 5.91 Å². The number of carbonyl (C=O) groups excluding carboxylic acids is 2. The van der Waals surface area contributed by atoms with Crippen LogP contribution in [-0.4, -0.2) is 32.1 Å². The van der Waals surface area contributed by atoms with Crippen LogP contribution in [0.1, 0.15) is 38.2 Å². The molecule has 0 radical (unpaired) electrons. The van der Waals surface area contributed by atoms with Crippen molar-refractivity contribution in [3.05, 3.63) is 29.8 Å². The molecule has 0 saturated carbocycles. The van der Waals surface area contributed by atoms with Crippen LogP contribution in [-0.2, 0) is 20.7 Å². The molecule has 0 unspecified atom stereocenters. The van der Waals surface area contributed by atoms with E-state index in [4.69, 9.17) is 9.47 Å². The highest BCUT2D eigenvalue weighted by Crippen LogP contribution is 2.13. The van der Waals surface area contributed by atoms with Gasteiger partial charge in [0.25, 0.3) is 0 Å². The number of unbranched alkanes of at least 4 members (excludes halogenated alkanes) is 2. The smallest absolute Gasteiger partial charge is 0.328 e. The number of nitrogens with one attached hydrogen (secondary N) is 1. The molecule has 1 aromatic rings. The van der Waals surface area contributed by atoms with Gasteiger partial charge in [-0.1, -0.05) is 31.9 Å². The van der Waals surface area contributed by atoms with Crippen molar-refractivity contribution >= 4 is 11.9 Å². The number of benzene rings is 1. The van der Waals surface area contributed by atoms with E-state index >= 15 is 0 Å². The number of amides is 1. The third kappa shape index (κ3) is 6.16. The average molecular weight is 307 g/mol. The summed E-state index contributed by atoms with van der Waals surface area (Å²) in [7, 11) is 2.93. The van der Waals surface area contributed by atoms with Gasteiger partial charge in [-0.2, -0.15) is 0 Å². The maximum absolute atomic E-state index is 11.9.